The number of likely N-dealkylation sites (tertiary alicyclic amines) is 1. The highest BCUT2D eigenvalue weighted by atomic mass is 16.3. The van der Waals surface area contributed by atoms with Crippen LogP contribution in [0, 0.1) is 0 Å². The number of hydrogen-bond donors (Lipinski definition) is 1. The SMILES string of the molecule is O=C1N(CCCN2CCC(O)(c3ccccc3)CC2)C(c2ccncc2)=NC1(c1ccccc1)c1ccccc1. The zero-order chi connectivity index (χ0) is 27.4. The van der Waals surface area contributed by atoms with Crippen LogP contribution in [0.1, 0.15) is 41.5 Å². The molecule has 0 aliphatic carbocycles. The summed E-state index contributed by atoms with van der Waals surface area (Å²) in [5.74, 6) is 0.644. The van der Waals surface area contributed by atoms with E-state index in [1.165, 1.54) is 0 Å². The third-order valence-electron chi connectivity index (χ3n) is 8.26. The van der Waals surface area contributed by atoms with Crippen LogP contribution in [0.5, 0.6) is 0 Å². The maximum Gasteiger partial charge on any atom is 0.265 e. The van der Waals surface area contributed by atoms with Crippen molar-refractivity contribution in [2.24, 2.45) is 4.99 Å². The van der Waals surface area contributed by atoms with Gasteiger partial charge in [-0.1, -0.05) is 91.0 Å². The molecule has 3 aromatic carbocycles. The lowest BCUT2D eigenvalue weighted by Crippen LogP contribution is -2.45. The number of aliphatic imine (C=N–C) groups is 1. The Morgan fingerprint density at radius 1 is 0.700 bits per heavy atom. The maximum atomic E-state index is 14.5. The number of aliphatic hydroxyl groups is 1. The summed E-state index contributed by atoms with van der Waals surface area (Å²) in [4.78, 5) is 28.2. The van der Waals surface area contributed by atoms with Gasteiger partial charge in [0.15, 0.2) is 5.54 Å². The second kappa shape index (κ2) is 11.2. The summed E-state index contributed by atoms with van der Waals surface area (Å²) >= 11 is 0. The number of benzene rings is 3. The van der Waals surface area contributed by atoms with Gasteiger partial charge in [-0.2, -0.15) is 0 Å². The fourth-order valence-corrected chi connectivity index (χ4v) is 6.02. The van der Waals surface area contributed by atoms with Crippen LogP contribution < -0.4 is 0 Å². The van der Waals surface area contributed by atoms with Gasteiger partial charge in [0.25, 0.3) is 5.91 Å². The number of rotatable bonds is 8. The van der Waals surface area contributed by atoms with Crippen molar-refractivity contribution in [2.45, 2.75) is 30.4 Å². The Morgan fingerprint density at radius 2 is 1.23 bits per heavy atom. The second-order valence-corrected chi connectivity index (χ2v) is 10.7. The standard InChI is InChI=1S/C34H34N4O2/c39-32-34(29-13-6-2-7-14-29,30-15-8-3-9-16-30)36-31(27-17-21-35-22-18-27)38(32)24-10-23-37-25-19-33(40,20-26-37)28-11-4-1-5-12-28/h1-9,11-18,21-22,40H,10,19-20,23-26H2. The zero-order valence-corrected chi connectivity index (χ0v) is 22.6. The van der Waals surface area contributed by atoms with Gasteiger partial charge >= 0.3 is 0 Å². The van der Waals surface area contributed by atoms with Gasteiger partial charge < -0.3 is 10.0 Å². The van der Waals surface area contributed by atoms with Gasteiger partial charge in [0.05, 0.1) is 5.60 Å². The Morgan fingerprint density at radius 3 is 1.77 bits per heavy atom. The fourth-order valence-electron chi connectivity index (χ4n) is 6.02. The molecule has 1 amide bonds. The van der Waals surface area contributed by atoms with Crippen LogP contribution in [0.15, 0.2) is 121 Å². The topological polar surface area (TPSA) is 69.0 Å². The number of carbonyl (C=O) groups is 1. The van der Waals surface area contributed by atoms with Crippen LogP contribution >= 0.6 is 0 Å². The van der Waals surface area contributed by atoms with E-state index in [2.05, 4.69) is 9.88 Å². The fraction of sp³-hybridized carbons (Fsp3) is 0.265. The van der Waals surface area contributed by atoms with E-state index in [9.17, 15) is 9.90 Å². The molecular weight excluding hydrogens is 496 g/mol. The number of amidine groups is 1. The van der Waals surface area contributed by atoms with E-state index in [4.69, 9.17) is 4.99 Å². The molecule has 0 saturated carbocycles. The zero-order valence-electron chi connectivity index (χ0n) is 22.6. The van der Waals surface area contributed by atoms with Crippen molar-refractivity contribution in [3.05, 3.63) is 138 Å². The van der Waals surface area contributed by atoms with Crippen molar-refractivity contribution in [1.29, 1.82) is 0 Å². The molecule has 0 spiro atoms. The first kappa shape index (κ1) is 26.1. The van der Waals surface area contributed by atoms with E-state index in [1.807, 2.05) is 108 Å². The average molecular weight is 531 g/mol. The van der Waals surface area contributed by atoms with Gasteiger partial charge in [0.1, 0.15) is 5.84 Å². The number of piperidine rings is 1. The molecule has 3 heterocycles. The largest absolute Gasteiger partial charge is 0.385 e. The van der Waals surface area contributed by atoms with E-state index in [1.54, 1.807) is 12.4 Å². The van der Waals surface area contributed by atoms with E-state index in [-0.39, 0.29) is 5.91 Å². The molecule has 0 radical (unpaired) electrons. The highest BCUT2D eigenvalue weighted by Crippen LogP contribution is 2.41. The van der Waals surface area contributed by atoms with Gasteiger partial charge in [-0.05, 0) is 54.6 Å². The summed E-state index contributed by atoms with van der Waals surface area (Å²) in [7, 11) is 0. The molecule has 0 bridgehead atoms. The predicted octanol–water partition coefficient (Wildman–Crippen LogP) is 4.99. The number of hydrogen-bond acceptors (Lipinski definition) is 5. The molecule has 1 fully saturated rings. The van der Waals surface area contributed by atoms with Gasteiger partial charge in [0, 0.05) is 37.6 Å². The molecule has 4 aromatic rings. The molecule has 6 heteroatoms. The molecule has 202 valence electrons. The first-order chi connectivity index (χ1) is 19.6. The lowest BCUT2D eigenvalue weighted by molar-refractivity contribution is -0.130. The Bertz CT molecular complexity index is 1410. The smallest absolute Gasteiger partial charge is 0.265 e. The van der Waals surface area contributed by atoms with Gasteiger partial charge in [0.2, 0.25) is 0 Å². The Hall–Kier alpha value is -4.13. The molecule has 1 N–H and O–H groups in total. The predicted molar refractivity (Wildman–Crippen MR) is 157 cm³/mol. The third-order valence-corrected chi connectivity index (χ3v) is 8.26. The van der Waals surface area contributed by atoms with E-state index < -0.39 is 11.1 Å². The molecule has 0 atom stereocenters. The van der Waals surface area contributed by atoms with Crippen LogP contribution in [0.25, 0.3) is 0 Å². The minimum absolute atomic E-state index is 0.0335. The number of amides is 1. The summed E-state index contributed by atoms with van der Waals surface area (Å²) in [6.07, 6.45) is 5.70. The van der Waals surface area contributed by atoms with Crippen molar-refractivity contribution >= 4 is 11.7 Å². The van der Waals surface area contributed by atoms with Gasteiger partial charge in [-0.15, -0.1) is 0 Å². The molecule has 1 aromatic heterocycles. The number of carbonyl (C=O) groups excluding carboxylic acids is 1. The van der Waals surface area contributed by atoms with Crippen LogP contribution in [0.2, 0.25) is 0 Å². The van der Waals surface area contributed by atoms with E-state index >= 15 is 0 Å². The highest BCUT2D eigenvalue weighted by molar-refractivity contribution is 6.16. The van der Waals surface area contributed by atoms with Crippen LogP contribution in [0.4, 0.5) is 0 Å². The molecule has 40 heavy (non-hydrogen) atoms. The number of aromatic nitrogens is 1. The first-order valence-corrected chi connectivity index (χ1v) is 14.0. The Labute approximate surface area is 235 Å². The summed E-state index contributed by atoms with van der Waals surface area (Å²) in [6, 6.07) is 33.6. The summed E-state index contributed by atoms with van der Waals surface area (Å²) in [6.45, 7) is 3.05. The summed E-state index contributed by atoms with van der Waals surface area (Å²) < 4.78 is 0. The summed E-state index contributed by atoms with van der Waals surface area (Å²) in [5, 5.41) is 11.2. The van der Waals surface area contributed by atoms with Crippen molar-refractivity contribution in [1.82, 2.24) is 14.8 Å². The third kappa shape index (κ3) is 4.85. The minimum Gasteiger partial charge on any atom is -0.385 e. The lowest BCUT2D eigenvalue weighted by Gasteiger charge is -2.38. The monoisotopic (exact) mass is 530 g/mol. The molecule has 1 saturated heterocycles. The normalized spacial score (nSPS) is 18.5. The average Bonchev–Trinajstić information content (AvgIpc) is 3.32. The van der Waals surface area contributed by atoms with E-state index in [0.29, 0.717) is 25.2 Å². The molecule has 6 rings (SSSR count). The van der Waals surface area contributed by atoms with Crippen LogP contribution in [0.3, 0.4) is 0 Å². The van der Waals surface area contributed by atoms with Crippen molar-refractivity contribution in [2.75, 3.05) is 26.2 Å². The maximum absolute atomic E-state index is 14.5. The molecule has 2 aliphatic rings. The highest BCUT2D eigenvalue weighted by Gasteiger charge is 2.51. The van der Waals surface area contributed by atoms with Crippen LogP contribution in [-0.4, -0.2) is 57.8 Å². The van der Waals surface area contributed by atoms with E-state index in [0.717, 1.165) is 48.3 Å². The quantitative estimate of drug-likeness (QED) is 0.349. The van der Waals surface area contributed by atoms with Gasteiger partial charge in [-0.3, -0.25) is 14.7 Å². The molecule has 0 unspecified atom stereocenters. The number of pyridine rings is 1. The Balaban J connectivity index is 1.23. The minimum atomic E-state index is -1.14. The second-order valence-electron chi connectivity index (χ2n) is 10.7. The van der Waals surface area contributed by atoms with Gasteiger partial charge in [-0.25, -0.2) is 4.99 Å². The molecule has 2 aliphatic heterocycles. The number of nitrogens with zero attached hydrogens (tertiary/aromatic N) is 4. The van der Waals surface area contributed by atoms with Crippen LogP contribution in [-0.2, 0) is 15.9 Å². The lowest BCUT2D eigenvalue weighted by atomic mass is 9.83. The van der Waals surface area contributed by atoms with Crippen molar-refractivity contribution in [3.63, 3.8) is 0 Å². The molecule has 6 nitrogen and oxygen atoms in total. The Kier molecular flexibility index (Phi) is 7.29. The summed E-state index contributed by atoms with van der Waals surface area (Å²) in [5.41, 5.74) is 1.68. The molecular formula is C34H34N4O2. The van der Waals surface area contributed by atoms with Crippen molar-refractivity contribution < 1.29 is 9.90 Å². The first-order valence-electron chi connectivity index (χ1n) is 14.0. The van der Waals surface area contributed by atoms with Crippen molar-refractivity contribution in [3.8, 4) is 0 Å².